The van der Waals surface area contributed by atoms with Gasteiger partial charge in [-0.25, -0.2) is 9.37 Å². The van der Waals surface area contributed by atoms with Crippen LogP contribution in [0.2, 0.25) is 5.02 Å². The Morgan fingerprint density at radius 1 is 1.15 bits per heavy atom. The van der Waals surface area contributed by atoms with Crippen molar-refractivity contribution in [1.29, 1.82) is 0 Å². The van der Waals surface area contributed by atoms with Crippen molar-refractivity contribution in [3.8, 4) is 11.6 Å². The standard InChI is InChI=1S/C23H18ClFN4O4/c24-15-3-1-14(2-4-15)13-29-21(30)19(22(31)32)12-27-23(29)28-17-6-8-18(9-7-17)33-20-10-5-16(25)11-26-20/h1-11,19H,12-13H2,(H,27,28)(H,31,32). The highest BCUT2D eigenvalue weighted by molar-refractivity contribution is 6.30. The van der Waals surface area contributed by atoms with Crippen LogP contribution in [0.4, 0.5) is 10.1 Å². The Morgan fingerprint density at radius 2 is 1.88 bits per heavy atom. The maximum atomic E-state index is 13.0. The Morgan fingerprint density at radius 3 is 2.52 bits per heavy atom. The van der Waals surface area contributed by atoms with Crippen LogP contribution in [0.15, 0.2) is 71.9 Å². The molecule has 1 aliphatic rings. The molecule has 1 aromatic heterocycles. The predicted molar refractivity (Wildman–Crippen MR) is 120 cm³/mol. The Labute approximate surface area is 193 Å². The van der Waals surface area contributed by atoms with Gasteiger partial charge in [0.2, 0.25) is 17.7 Å². The van der Waals surface area contributed by atoms with E-state index in [4.69, 9.17) is 16.3 Å². The average molecular weight is 469 g/mol. The third kappa shape index (κ3) is 5.45. The lowest BCUT2D eigenvalue weighted by Gasteiger charge is -2.31. The highest BCUT2D eigenvalue weighted by atomic mass is 35.5. The molecule has 3 aromatic rings. The molecule has 0 bridgehead atoms. The molecule has 0 saturated carbocycles. The molecule has 0 fully saturated rings. The first-order valence-corrected chi connectivity index (χ1v) is 10.3. The number of nitrogens with zero attached hydrogens (tertiary/aromatic N) is 3. The lowest BCUT2D eigenvalue weighted by Crippen LogP contribution is -2.50. The number of carbonyl (C=O) groups is 2. The number of carboxylic acid groups (broad SMARTS) is 1. The molecule has 0 aliphatic carbocycles. The number of rotatable bonds is 6. The number of carbonyl (C=O) groups excluding carboxylic acids is 1. The lowest BCUT2D eigenvalue weighted by molar-refractivity contribution is -0.149. The van der Waals surface area contributed by atoms with E-state index in [9.17, 15) is 19.1 Å². The summed E-state index contributed by atoms with van der Waals surface area (Å²) in [5.41, 5.74) is 1.37. The van der Waals surface area contributed by atoms with Crippen LogP contribution in [0.1, 0.15) is 5.56 Å². The Bertz CT molecular complexity index is 1180. The Kier molecular flexibility index (Phi) is 6.50. The summed E-state index contributed by atoms with van der Waals surface area (Å²) in [6.07, 6.45) is 1.06. The van der Waals surface area contributed by atoms with Crippen LogP contribution in [-0.4, -0.2) is 39.4 Å². The van der Waals surface area contributed by atoms with Crippen molar-refractivity contribution in [3.05, 3.63) is 83.3 Å². The summed E-state index contributed by atoms with van der Waals surface area (Å²) in [6, 6.07) is 16.3. The Balaban J connectivity index is 1.51. The second-order valence-electron chi connectivity index (χ2n) is 7.17. The van der Waals surface area contributed by atoms with Crippen LogP contribution < -0.4 is 10.1 Å². The molecular formula is C23H18ClFN4O4. The van der Waals surface area contributed by atoms with Crippen molar-refractivity contribution in [3.63, 3.8) is 0 Å². The molecule has 1 unspecified atom stereocenters. The molecule has 2 aromatic carbocycles. The number of hydrogen-bond acceptors (Lipinski definition) is 6. The highest BCUT2D eigenvalue weighted by Gasteiger charge is 2.36. The van der Waals surface area contributed by atoms with Gasteiger partial charge in [0.1, 0.15) is 11.6 Å². The molecule has 33 heavy (non-hydrogen) atoms. The number of aliphatic carboxylic acids is 1. The van der Waals surface area contributed by atoms with Gasteiger partial charge in [-0.1, -0.05) is 23.7 Å². The van der Waals surface area contributed by atoms with Gasteiger partial charge in [-0.3, -0.25) is 19.5 Å². The van der Waals surface area contributed by atoms with Gasteiger partial charge in [0.05, 0.1) is 19.3 Å². The summed E-state index contributed by atoms with van der Waals surface area (Å²) in [4.78, 5) is 33.8. The first-order chi connectivity index (χ1) is 15.9. The van der Waals surface area contributed by atoms with Crippen LogP contribution in [0, 0.1) is 11.7 Å². The minimum absolute atomic E-state index is 0.128. The van der Waals surface area contributed by atoms with E-state index in [0.717, 1.165) is 11.8 Å². The number of nitrogens with one attached hydrogen (secondary N) is 1. The summed E-state index contributed by atoms with van der Waals surface area (Å²) >= 11 is 5.93. The van der Waals surface area contributed by atoms with Crippen molar-refractivity contribution < 1.29 is 23.8 Å². The topological polar surface area (TPSA) is 104 Å². The van der Waals surface area contributed by atoms with Gasteiger partial charge in [-0.05, 0) is 48.0 Å². The third-order valence-electron chi connectivity index (χ3n) is 4.83. The lowest BCUT2D eigenvalue weighted by atomic mass is 10.1. The van der Waals surface area contributed by atoms with E-state index in [1.165, 1.54) is 17.0 Å². The van der Waals surface area contributed by atoms with Crippen molar-refractivity contribution in [2.75, 3.05) is 11.9 Å². The van der Waals surface area contributed by atoms with Crippen LogP contribution in [0.5, 0.6) is 11.6 Å². The van der Waals surface area contributed by atoms with E-state index in [1.807, 2.05) is 0 Å². The molecule has 0 saturated heterocycles. The number of aromatic nitrogens is 1. The van der Waals surface area contributed by atoms with Crippen molar-refractivity contribution >= 4 is 35.1 Å². The number of hydrogen-bond donors (Lipinski definition) is 2. The van der Waals surface area contributed by atoms with Crippen LogP contribution in [0.3, 0.4) is 0 Å². The van der Waals surface area contributed by atoms with Crippen molar-refractivity contribution in [1.82, 2.24) is 9.88 Å². The monoisotopic (exact) mass is 468 g/mol. The van der Waals surface area contributed by atoms with Gasteiger partial charge in [-0.15, -0.1) is 0 Å². The average Bonchev–Trinajstić information content (AvgIpc) is 2.80. The van der Waals surface area contributed by atoms with Crippen LogP contribution in [0.25, 0.3) is 0 Å². The van der Waals surface area contributed by atoms with Crippen LogP contribution in [-0.2, 0) is 16.1 Å². The van der Waals surface area contributed by atoms with E-state index in [1.54, 1.807) is 48.5 Å². The molecule has 2 heterocycles. The normalized spacial score (nSPS) is 15.7. The van der Waals surface area contributed by atoms with Gasteiger partial charge >= 0.3 is 5.97 Å². The highest BCUT2D eigenvalue weighted by Crippen LogP contribution is 2.23. The number of benzene rings is 2. The zero-order valence-electron chi connectivity index (χ0n) is 17.1. The quantitative estimate of drug-likeness (QED) is 0.526. The predicted octanol–water partition coefficient (Wildman–Crippen LogP) is 4.18. The number of guanidine groups is 1. The molecule has 2 N–H and O–H groups in total. The molecule has 1 aliphatic heterocycles. The fourth-order valence-electron chi connectivity index (χ4n) is 3.13. The van der Waals surface area contributed by atoms with Gasteiger partial charge < -0.3 is 15.2 Å². The number of anilines is 1. The maximum absolute atomic E-state index is 13.0. The minimum atomic E-state index is -1.25. The smallest absolute Gasteiger partial charge is 0.318 e. The molecule has 8 nitrogen and oxygen atoms in total. The fourth-order valence-corrected chi connectivity index (χ4v) is 3.25. The van der Waals surface area contributed by atoms with E-state index >= 15 is 0 Å². The molecule has 168 valence electrons. The second kappa shape index (κ2) is 9.66. The van der Waals surface area contributed by atoms with E-state index in [2.05, 4.69) is 15.3 Å². The van der Waals surface area contributed by atoms with Gasteiger partial charge in [0.15, 0.2) is 5.92 Å². The Hall–Kier alpha value is -3.98. The minimum Gasteiger partial charge on any atom is -0.481 e. The number of carboxylic acids is 1. The third-order valence-corrected chi connectivity index (χ3v) is 5.08. The summed E-state index contributed by atoms with van der Waals surface area (Å²) in [7, 11) is 0. The molecule has 10 heteroatoms. The molecule has 0 radical (unpaired) electrons. The maximum Gasteiger partial charge on any atom is 0.318 e. The first kappa shape index (κ1) is 22.2. The van der Waals surface area contributed by atoms with E-state index < -0.39 is 23.6 Å². The molecule has 4 rings (SSSR count). The molecule has 1 amide bonds. The summed E-state index contributed by atoms with van der Waals surface area (Å²) in [6.45, 7) is -0.0336. The number of halogens is 2. The summed E-state index contributed by atoms with van der Waals surface area (Å²) in [5.74, 6) is -2.53. The summed E-state index contributed by atoms with van der Waals surface area (Å²) in [5, 5.41) is 13.0. The number of pyridine rings is 1. The van der Waals surface area contributed by atoms with Gasteiger partial charge in [0.25, 0.3) is 0 Å². The summed E-state index contributed by atoms with van der Waals surface area (Å²) < 4.78 is 18.5. The van der Waals surface area contributed by atoms with Crippen molar-refractivity contribution in [2.45, 2.75) is 6.54 Å². The largest absolute Gasteiger partial charge is 0.481 e. The van der Waals surface area contributed by atoms with Crippen LogP contribution >= 0.6 is 11.6 Å². The number of aliphatic imine (C=N–C) groups is 1. The fraction of sp³-hybridized carbons (Fsp3) is 0.130. The SMILES string of the molecule is O=C(O)C1CN=C(Nc2ccc(Oc3ccc(F)cn3)cc2)N(Cc2ccc(Cl)cc2)C1=O. The van der Waals surface area contributed by atoms with Gasteiger partial charge in [0, 0.05) is 16.8 Å². The second-order valence-corrected chi connectivity index (χ2v) is 7.61. The van der Waals surface area contributed by atoms with Crippen molar-refractivity contribution in [2.24, 2.45) is 10.9 Å². The molecule has 1 atom stereocenters. The van der Waals surface area contributed by atoms with E-state index in [0.29, 0.717) is 16.5 Å². The molecular weight excluding hydrogens is 451 g/mol. The zero-order chi connectivity index (χ0) is 23.4. The van der Waals surface area contributed by atoms with E-state index in [-0.39, 0.29) is 24.9 Å². The first-order valence-electron chi connectivity index (χ1n) is 9.88. The number of amides is 1. The van der Waals surface area contributed by atoms with Gasteiger partial charge in [-0.2, -0.15) is 0 Å². The molecule has 0 spiro atoms. The number of ether oxygens (including phenoxy) is 1. The zero-order valence-corrected chi connectivity index (χ0v) is 17.9.